The van der Waals surface area contributed by atoms with Gasteiger partial charge in [-0.1, -0.05) is 59.3 Å². The zero-order valence-corrected chi connectivity index (χ0v) is 18.2. The van der Waals surface area contributed by atoms with Crippen molar-refractivity contribution in [2.45, 2.75) is 45.8 Å². The van der Waals surface area contributed by atoms with Crippen LogP contribution in [0.25, 0.3) is 23.0 Å². The molecular formula is C24H23F3N4O. The number of aromatic nitrogens is 4. The summed E-state index contributed by atoms with van der Waals surface area (Å²) < 4.78 is 47.1. The Balaban J connectivity index is 1.55. The molecule has 2 heterocycles. The van der Waals surface area contributed by atoms with E-state index >= 15 is 0 Å². The van der Waals surface area contributed by atoms with Crippen molar-refractivity contribution in [2.75, 3.05) is 0 Å². The summed E-state index contributed by atoms with van der Waals surface area (Å²) in [6.45, 7) is 6.92. The monoisotopic (exact) mass is 440 g/mol. The summed E-state index contributed by atoms with van der Waals surface area (Å²) in [5, 5.41) is 8.55. The van der Waals surface area contributed by atoms with Crippen LogP contribution in [0.4, 0.5) is 13.2 Å². The average Bonchev–Trinajstić information content (AvgIpc) is 3.36. The summed E-state index contributed by atoms with van der Waals surface area (Å²) in [5.41, 5.74) is 2.60. The molecule has 8 heteroatoms. The van der Waals surface area contributed by atoms with Crippen LogP contribution in [-0.2, 0) is 12.0 Å². The second kappa shape index (κ2) is 7.93. The van der Waals surface area contributed by atoms with Crippen LogP contribution in [0, 0.1) is 13.8 Å². The Bertz CT molecular complexity index is 1220. The van der Waals surface area contributed by atoms with Crippen LogP contribution in [0.3, 0.4) is 0 Å². The van der Waals surface area contributed by atoms with Crippen molar-refractivity contribution in [1.82, 2.24) is 19.9 Å². The van der Waals surface area contributed by atoms with Crippen LogP contribution >= 0.6 is 0 Å². The predicted molar refractivity (Wildman–Crippen MR) is 115 cm³/mol. The van der Waals surface area contributed by atoms with Crippen LogP contribution in [0.15, 0.2) is 59.1 Å². The second-order valence-corrected chi connectivity index (χ2v) is 8.44. The number of nitrogens with zero attached hydrogens (tertiary/aromatic N) is 4. The van der Waals surface area contributed by atoms with E-state index in [-0.39, 0.29) is 11.5 Å². The second-order valence-electron chi connectivity index (χ2n) is 8.44. The van der Waals surface area contributed by atoms with Crippen molar-refractivity contribution in [3.63, 3.8) is 0 Å². The van der Waals surface area contributed by atoms with Gasteiger partial charge in [-0.3, -0.25) is 4.68 Å². The van der Waals surface area contributed by atoms with E-state index in [1.807, 2.05) is 24.6 Å². The summed E-state index contributed by atoms with van der Waals surface area (Å²) >= 11 is 0. The molecule has 0 saturated carbocycles. The topological polar surface area (TPSA) is 56.7 Å². The van der Waals surface area contributed by atoms with Crippen molar-refractivity contribution in [3.05, 3.63) is 77.0 Å². The largest absolute Gasteiger partial charge is 0.397 e. The van der Waals surface area contributed by atoms with Crippen LogP contribution < -0.4 is 0 Å². The molecule has 4 rings (SSSR count). The molecule has 0 radical (unpaired) electrons. The highest BCUT2D eigenvalue weighted by Crippen LogP contribution is 2.40. The molecule has 0 aliphatic carbocycles. The molecule has 0 saturated heterocycles. The zero-order chi connectivity index (χ0) is 23.1. The number of benzene rings is 2. The molecule has 0 N–H and O–H groups in total. The van der Waals surface area contributed by atoms with E-state index in [2.05, 4.69) is 39.5 Å². The van der Waals surface area contributed by atoms with Gasteiger partial charge in [0.15, 0.2) is 5.69 Å². The molecule has 0 aliphatic rings. The van der Waals surface area contributed by atoms with Crippen molar-refractivity contribution in [1.29, 1.82) is 0 Å². The maximum atomic E-state index is 13.3. The molecule has 0 amide bonds. The highest BCUT2D eigenvalue weighted by Gasteiger charge is 2.48. The Morgan fingerprint density at radius 2 is 1.59 bits per heavy atom. The number of rotatable bonds is 5. The van der Waals surface area contributed by atoms with Gasteiger partial charge in [0.25, 0.3) is 5.89 Å². The van der Waals surface area contributed by atoms with E-state index in [1.54, 1.807) is 12.1 Å². The molecule has 5 nitrogen and oxygen atoms in total. The standard InChI is InChI=1S/C24H23F3N4O/c1-15-5-7-17(8-6-15)14-31-16(2)13-20(29-31)22-28-21(30-32-22)18-9-11-19(12-10-18)23(3,4)24(25,26)27/h5-13H,14H2,1-4H3. The van der Waals surface area contributed by atoms with Crippen molar-refractivity contribution in [2.24, 2.45) is 0 Å². The summed E-state index contributed by atoms with van der Waals surface area (Å²) in [4.78, 5) is 4.39. The number of aryl methyl sites for hydroxylation is 2. The van der Waals surface area contributed by atoms with Crippen LogP contribution in [0.2, 0.25) is 0 Å². The normalized spacial score (nSPS) is 12.3. The van der Waals surface area contributed by atoms with Crippen LogP contribution in [0.5, 0.6) is 0 Å². The molecule has 0 unspecified atom stereocenters. The van der Waals surface area contributed by atoms with Gasteiger partial charge in [-0.2, -0.15) is 23.3 Å². The van der Waals surface area contributed by atoms with Crippen molar-refractivity contribution in [3.8, 4) is 23.0 Å². The summed E-state index contributed by atoms with van der Waals surface area (Å²) in [7, 11) is 0. The van der Waals surface area contributed by atoms with E-state index in [0.29, 0.717) is 23.6 Å². The lowest BCUT2D eigenvalue weighted by atomic mass is 9.83. The highest BCUT2D eigenvalue weighted by atomic mass is 19.4. The minimum absolute atomic E-state index is 0.169. The third-order valence-electron chi connectivity index (χ3n) is 5.65. The summed E-state index contributed by atoms with van der Waals surface area (Å²) in [5.74, 6) is 0.549. The fourth-order valence-electron chi connectivity index (χ4n) is 3.29. The molecule has 4 aromatic rings. The van der Waals surface area contributed by atoms with E-state index in [9.17, 15) is 13.2 Å². The lowest BCUT2D eigenvalue weighted by Crippen LogP contribution is -2.36. The molecule has 2 aromatic carbocycles. The van der Waals surface area contributed by atoms with E-state index in [4.69, 9.17) is 4.52 Å². The van der Waals surface area contributed by atoms with Crippen molar-refractivity contribution < 1.29 is 17.7 Å². The van der Waals surface area contributed by atoms with Gasteiger partial charge in [0.05, 0.1) is 12.0 Å². The number of hydrogen-bond donors (Lipinski definition) is 0. The first-order valence-corrected chi connectivity index (χ1v) is 10.2. The Morgan fingerprint density at radius 3 is 2.22 bits per heavy atom. The predicted octanol–water partition coefficient (Wildman–Crippen LogP) is 6.11. The lowest BCUT2D eigenvalue weighted by Gasteiger charge is -2.28. The molecule has 0 spiro atoms. The SMILES string of the molecule is Cc1ccc(Cn2nc(-c3nc(-c4ccc(C(C)(C)C(F)(F)F)cc4)no3)cc2C)cc1. The van der Waals surface area contributed by atoms with Gasteiger partial charge >= 0.3 is 6.18 Å². The Hall–Kier alpha value is -3.42. The Morgan fingerprint density at radius 1 is 0.938 bits per heavy atom. The fourth-order valence-corrected chi connectivity index (χ4v) is 3.29. The smallest absolute Gasteiger partial charge is 0.332 e. The molecule has 0 atom stereocenters. The highest BCUT2D eigenvalue weighted by molar-refractivity contribution is 5.58. The van der Waals surface area contributed by atoms with E-state index in [1.165, 1.54) is 17.7 Å². The van der Waals surface area contributed by atoms with E-state index in [0.717, 1.165) is 25.1 Å². The first kappa shape index (κ1) is 21.8. The van der Waals surface area contributed by atoms with Gasteiger partial charge in [0.1, 0.15) is 0 Å². The van der Waals surface area contributed by atoms with Crippen LogP contribution in [-0.4, -0.2) is 26.1 Å². The number of alkyl halides is 3. The molecular weight excluding hydrogens is 417 g/mol. The molecule has 32 heavy (non-hydrogen) atoms. The zero-order valence-electron chi connectivity index (χ0n) is 18.2. The summed E-state index contributed by atoms with van der Waals surface area (Å²) in [6.07, 6.45) is -4.34. The first-order valence-electron chi connectivity index (χ1n) is 10.2. The molecule has 2 aromatic heterocycles. The minimum atomic E-state index is -4.34. The van der Waals surface area contributed by atoms with Gasteiger partial charge in [0.2, 0.25) is 5.82 Å². The molecule has 0 fully saturated rings. The third kappa shape index (κ3) is 4.17. The molecule has 0 bridgehead atoms. The Labute approximate surface area is 183 Å². The number of halogens is 3. The van der Waals surface area contributed by atoms with Crippen LogP contribution in [0.1, 0.15) is 36.2 Å². The first-order chi connectivity index (χ1) is 15.0. The van der Waals surface area contributed by atoms with Gasteiger partial charge in [-0.15, -0.1) is 0 Å². The number of hydrogen-bond acceptors (Lipinski definition) is 4. The maximum absolute atomic E-state index is 13.3. The third-order valence-corrected chi connectivity index (χ3v) is 5.65. The fraction of sp³-hybridized carbons (Fsp3) is 0.292. The molecule has 166 valence electrons. The quantitative estimate of drug-likeness (QED) is 0.376. The Kier molecular flexibility index (Phi) is 5.40. The lowest BCUT2D eigenvalue weighted by molar-refractivity contribution is -0.180. The average molecular weight is 440 g/mol. The van der Waals surface area contributed by atoms with Gasteiger partial charge in [0, 0.05) is 11.3 Å². The molecule has 0 aliphatic heterocycles. The van der Waals surface area contributed by atoms with Gasteiger partial charge in [-0.25, -0.2) is 0 Å². The van der Waals surface area contributed by atoms with Gasteiger partial charge in [-0.05, 0) is 44.9 Å². The van der Waals surface area contributed by atoms with Gasteiger partial charge < -0.3 is 4.52 Å². The summed E-state index contributed by atoms with van der Waals surface area (Å²) in [6, 6.07) is 16.1. The van der Waals surface area contributed by atoms with E-state index < -0.39 is 11.6 Å². The maximum Gasteiger partial charge on any atom is 0.397 e. The minimum Gasteiger partial charge on any atom is -0.332 e. The van der Waals surface area contributed by atoms with Crippen molar-refractivity contribution >= 4 is 0 Å².